The van der Waals surface area contributed by atoms with Crippen molar-refractivity contribution in [2.45, 2.75) is 6.61 Å². The lowest BCUT2D eigenvalue weighted by molar-refractivity contribution is 0.281. The predicted octanol–water partition coefficient (Wildman–Crippen LogP) is 0.926. The molecule has 6 nitrogen and oxygen atoms in total. The second-order valence-corrected chi connectivity index (χ2v) is 3.40. The Morgan fingerprint density at radius 2 is 2.00 bits per heavy atom. The summed E-state index contributed by atoms with van der Waals surface area (Å²) in [5.74, 6) is 1.11. The highest BCUT2D eigenvalue weighted by Gasteiger charge is 2.03. The third kappa shape index (κ3) is 2.82. The Kier molecular flexibility index (Phi) is 3.06. The van der Waals surface area contributed by atoms with Crippen molar-refractivity contribution in [3.63, 3.8) is 0 Å². The molecule has 1 heterocycles. The molecule has 0 aliphatic rings. The van der Waals surface area contributed by atoms with Crippen LogP contribution in [-0.2, 0) is 6.61 Å². The quantitative estimate of drug-likeness (QED) is 0.726. The summed E-state index contributed by atoms with van der Waals surface area (Å²) in [5, 5.41) is 9.00. The minimum absolute atomic E-state index is 0.0503. The number of nitrogens with two attached hydrogens (primary N) is 2. The van der Waals surface area contributed by atoms with E-state index < -0.39 is 0 Å². The Morgan fingerprint density at radius 1 is 1.18 bits per heavy atom. The molecule has 0 fully saturated rings. The maximum absolute atomic E-state index is 9.00. The molecule has 0 saturated carbocycles. The number of rotatable bonds is 3. The first-order chi connectivity index (χ1) is 8.17. The SMILES string of the molecule is Nc1cc(Oc2cccc(CO)c2)nc(N)n1. The lowest BCUT2D eigenvalue weighted by atomic mass is 10.2. The lowest BCUT2D eigenvalue weighted by Gasteiger charge is -2.06. The summed E-state index contributed by atoms with van der Waals surface area (Å²) in [4.78, 5) is 7.62. The van der Waals surface area contributed by atoms with Crippen molar-refractivity contribution in [2.75, 3.05) is 11.5 Å². The highest BCUT2D eigenvalue weighted by atomic mass is 16.5. The summed E-state index contributed by atoms with van der Waals surface area (Å²) >= 11 is 0. The van der Waals surface area contributed by atoms with Gasteiger partial charge < -0.3 is 21.3 Å². The van der Waals surface area contributed by atoms with Crippen LogP contribution in [0.4, 0.5) is 11.8 Å². The van der Waals surface area contributed by atoms with Gasteiger partial charge in [-0.2, -0.15) is 9.97 Å². The maximum Gasteiger partial charge on any atom is 0.226 e. The van der Waals surface area contributed by atoms with Crippen molar-refractivity contribution in [1.29, 1.82) is 0 Å². The van der Waals surface area contributed by atoms with E-state index >= 15 is 0 Å². The fraction of sp³-hybridized carbons (Fsp3) is 0.0909. The van der Waals surface area contributed by atoms with Crippen molar-refractivity contribution >= 4 is 11.8 Å². The number of aromatic nitrogens is 2. The van der Waals surface area contributed by atoms with Gasteiger partial charge in [0.15, 0.2) is 0 Å². The second-order valence-electron chi connectivity index (χ2n) is 3.40. The van der Waals surface area contributed by atoms with Crippen LogP contribution in [0.25, 0.3) is 0 Å². The molecule has 0 atom stereocenters. The fourth-order valence-electron chi connectivity index (χ4n) is 1.34. The van der Waals surface area contributed by atoms with E-state index in [0.29, 0.717) is 5.75 Å². The molecule has 0 amide bonds. The number of hydrogen-bond acceptors (Lipinski definition) is 6. The zero-order valence-electron chi connectivity index (χ0n) is 9.00. The van der Waals surface area contributed by atoms with Gasteiger partial charge in [0.05, 0.1) is 6.61 Å². The third-order valence-electron chi connectivity index (χ3n) is 2.04. The van der Waals surface area contributed by atoms with Gasteiger partial charge in [-0.25, -0.2) is 0 Å². The van der Waals surface area contributed by atoms with Crippen molar-refractivity contribution in [2.24, 2.45) is 0 Å². The number of nitrogens with zero attached hydrogens (tertiary/aromatic N) is 2. The fourth-order valence-corrected chi connectivity index (χ4v) is 1.34. The van der Waals surface area contributed by atoms with Crippen molar-refractivity contribution in [1.82, 2.24) is 9.97 Å². The monoisotopic (exact) mass is 232 g/mol. The van der Waals surface area contributed by atoms with Crippen LogP contribution < -0.4 is 16.2 Å². The van der Waals surface area contributed by atoms with Gasteiger partial charge in [-0.05, 0) is 17.7 Å². The van der Waals surface area contributed by atoms with Gasteiger partial charge in [0.1, 0.15) is 11.6 Å². The second kappa shape index (κ2) is 4.67. The van der Waals surface area contributed by atoms with Gasteiger partial charge in [-0.1, -0.05) is 12.1 Å². The molecule has 6 heteroatoms. The van der Waals surface area contributed by atoms with Crippen LogP contribution in [-0.4, -0.2) is 15.1 Å². The van der Waals surface area contributed by atoms with Crippen molar-refractivity contribution in [3.8, 4) is 11.6 Å². The number of anilines is 2. The molecule has 0 aliphatic heterocycles. The molecule has 0 unspecified atom stereocenters. The summed E-state index contributed by atoms with van der Waals surface area (Å²) in [7, 11) is 0. The van der Waals surface area contributed by atoms with E-state index in [4.69, 9.17) is 21.3 Å². The number of aliphatic hydroxyl groups excluding tert-OH is 1. The van der Waals surface area contributed by atoms with Crippen LogP contribution >= 0.6 is 0 Å². The molecule has 0 bridgehead atoms. The molecule has 88 valence electrons. The third-order valence-corrected chi connectivity index (χ3v) is 2.04. The largest absolute Gasteiger partial charge is 0.439 e. The average molecular weight is 232 g/mol. The molecule has 1 aromatic heterocycles. The van der Waals surface area contributed by atoms with Crippen LogP contribution in [0.15, 0.2) is 30.3 Å². The van der Waals surface area contributed by atoms with Gasteiger partial charge in [-0.3, -0.25) is 0 Å². The van der Waals surface area contributed by atoms with Crippen LogP contribution in [0.5, 0.6) is 11.6 Å². The molecule has 2 aromatic rings. The van der Waals surface area contributed by atoms with E-state index in [0.717, 1.165) is 5.56 Å². The van der Waals surface area contributed by atoms with Gasteiger partial charge in [0.2, 0.25) is 11.8 Å². The van der Waals surface area contributed by atoms with E-state index in [1.807, 2.05) is 0 Å². The van der Waals surface area contributed by atoms with Crippen molar-refractivity contribution < 1.29 is 9.84 Å². The molecule has 0 aliphatic carbocycles. The zero-order valence-corrected chi connectivity index (χ0v) is 9.00. The van der Waals surface area contributed by atoms with Gasteiger partial charge >= 0.3 is 0 Å². The average Bonchev–Trinajstić information content (AvgIpc) is 2.28. The number of hydrogen-bond donors (Lipinski definition) is 3. The first-order valence-electron chi connectivity index (χ1n) is 4.95. The van der Waals surface area contributed by atoms with E-state index in [-0.39, 0.29) is 24.3 Å². The highest BCUT2D eigenvalue weighted by molar-refractivity contribution is 5.40. The van der Waals surface area contributed by atoms with E-state index in [9.17, 15) is 0 Å². The number of benzene rings is 1. The van der Waals surface area contributed by atoms with Crippen molar-refractivity contribution in [3.05, 3.63) is 35.9 Å². The van der Waals surface area contributed by atoms with E-state index in [1.54, 1.807) is 24.3 Å². The summed E-state index contributed by atoms with van der Waals surface area (Å²) in [6.07, 6.45) is 0. The van der Waals surface area contributed by atoms with Crippen LogP contribution in [0.2, 0.25) is 0 Å². The zero-order chi connectivity index (χ0) is 12.3. The minimum Gasteiger partial charge on any atom is -0.439 e. The van der Waals surface area contributed by atoms with E-state index in [1.165, 1.54) is 6.07 Å². The molecular formula is C11H12N4O2. The first kappa shape index (κ1) is 11.2. The Morgan fingerprint density at radius 3 is 2.71 bits per heavy atom. The Bertz CT molecular complexity index is 510. The van der Waals surface area contributed by atoms with Crippen LogP contribution in [0.3, 0.4) is 0 Å². The summed E-state index contributed by atoms with van der Waals surface area (Å²) in [6.45, 7) is -0.0503. The minimum atomic E-state index is -0.0503. The maximum atomic E-state index is 9.00. The Hall–Kier alpha value is -2.34. The Balaban J connectivity index is 2.24. The molecule has 2 rings (SSSR count). The first-order valence-corrected chi connectivity index (χ1v) is 4.95. The molecule has 0 saturated heterocycles. The molecule has 0 radical (unpaired) electrons. The molecular weight excluding hydrogens is 220 g/mol. The van der Waals surface area contributed by atoms with Crippen LogP contribution in [0, 0.1) is 0 Å². The van der Waals surface area contributed by atoms with Gasteiger partial charge in [-0.15, -0.1) is 0 Å². The normalized spacial score (nSPS) is 10.2. The molecule has 17 heavy (non-hydrogen) atoms. The van der Waals surface area contributed by atoms with Gasteiger partial charge in [0, 0.05) is 6.07 Å². The predicted molar refractivity (Wildman–Crippen MR) is 63.3 cm³/mol. The van der Waals surface area contributed by atoms with Gasteiger partial charge in [0.25, 0.3) is 0 Å². The summed E-state index contributed by atoms with van der Waals surface area (Å²) < 4.78 is 5.46. The smallest absolute Gasteiger partial charge is 0.226 e. The molecule has 0 spiro atoms. The standard InChI is InChI=1S/C11H12N4O2/c12-9-5-10(15-11(13)14-9)17-8-3-1-2-7(4-8)6-16/h1-5,16H,6H2,(H4,12,13,14,15). The molecule has 5 N–H and O–H groups in total. The molecule has 1 aromatic carbocycles. The highest BCUT2D eigenvalue weighted by Crippen LogP contribution is 2.22. The van der Waals surface area contributed by atoms with Crippen LogP contribution in [0.1, 0.15) is 5.56 Å². The lowest BCUT2D eigenvalue weighted by Crippen LogP contribution is -2.00. The summed E-state index contributed by atoms with van der Waals surface area (Å²) in [5.41, 5.74) is 11.7. The summed E-state index contributed by atoms with van der Waals surface area (Å²) in [6, 6.07) is 8.48. The Labute approximate surface area is 97.9 Å². The number of nitrogen functional groups attached to an aromatic ring is 2. The topological polar surface area (TPSA) is 107 Å². The number of aliphatic hydroxyl groups is 1. The van der Waals surface area contributed by atoms with E-state index in [2.05, 4.69) is 9.97 Å². The number of ether oxygens (including phenoxy) is 1.